The van der Waals surface area contributed by atoms with Crippen molar-refractivity contribution in [3.05, 3.63) is 48.5 Å². The zero-order valence-electron chi connectivity index (χ0n) is 18.2. The van der Waals surface area contributed by atoms with Crippen LogP contribution >= 0.6 is 0 Å². The summed E-state index contributed by atoms with van der Waals surface area (Å²) in [6.07, 6.45) is 5.07. The zero-order chi connectivity index (χ0) is 23.1. The molecule has 0 radical (unpaired) electrons. The highest BCUT2D eigenvalue weighted by atomic mass is 16.7. The summed E-state index contributed by atoms with van der Waals surface area (Å²) in [5.74, 6) is 0.910. The summed E-state index contributed by atoms with van der Waals surface area (Å²) in [6.45, 7) is 1.82. The first-order valence-corrected chi connectivity index (χ1v) is 11.1. The van der Waals surface area contributed by atoms with Crippen molar-refractivity contribution in [2.75, 3.05) is 30.9 Å². The first-order valence-electron chi connectivity index (χ1n) is 11.1. The minimum atomic E-state index is -0.344. The lowest BCUT2D eigenvalue weighted by Gasteiger charge is -2.23. The molecule has 4 N–H and O–H groups in total. The van der Waals surface area contributed by atoms with Crippen LogP contribution in [0.3, 0.4) is 0 Å². The predicted octanol–water partition coefficient (Wildman–Crippen LogP) is 2.38. The molecule has 3 aromatic heterocycles. The van der Waals surface area contributed by atoms with Gasteiger partial charge < -0.3 is 25.8 Å². The van der Waals surface area contributed by atoms with E-state index in [-0.39, 0.29) is 18.7 Å². The number of carbonyl (C=O) groups excluding carboxylic acids is 1. The van der Waals surface area contributed by atoms with Crippen LogP contribution in [-0.4, -0.2) is 50.5 Å². The van der Waals surface area contributed by atoms with Gasteiger partial charge in [-0.25, -0.2) is 14.6 Å². The topological polar surface area (TPSA) is 142 Å². The number of hydrogen-bond acceptors (Lipinski definition) is 9. The van der Waals surface area contributed by atoms with Gasteiger partial charge in [-0.3, -0.25) is 9.78 Å². The van der Waals surface area contributed by atoms with Crippen molar-refractivity contribution in [1.29, 1.82) is 0 Å². The van der Waals surface area contributed by atoms with Gasteiger partial charge in [0, 0.05) is 18.3 Å². The third kappa shape index (κ3) is 3.37. The molecule has 1 fully saturated rings. The molecule has 1 atom stereocenters. The van der Waals surface area contributed by atoms with Gasteiger partial charge in [0.05, 0.1) is 17.1 Å². The number of nitrogens with one attached hydrogen (secondary N) is 2. The number of fused-ring (bicyclic) bond motifs is 2. The summed E-state index contributed by atoms with van der Waals surface area (Å²) in [5.41, 5.74) is 9.05. The molecule has 1 amide bonds. The van der Waals surface area contributed by atoms with Gasteiger partial charge in [0.15, 0.2) is 17.1 Å². The Bertz CT molecular complexity index is 1380. The van der Waals surface area contributed by atoms with Gasteiger partial charge in [-0.05, 0) is 43.7 Å². The second-order valence-corrected chi connectivity index (χ2v) is 8.15. The Morgan fingerprint density at radius 2 is 2.06 bits per heavy atom. The van der Waals surface area contributed by atoms with Crippen molar-refractivity contribution in [1.82, 2.24) is 30.0 Å². The van der Waals surface area contributed by atoms with E-state index >= 15 is 0 Å². The van der Waals surface area contributed by atoms with Crippen LogP contribution in [0.4, 0.5) is 11.5 Å². The fraction of sp³-hybridized carbons (Fsp3) is 0.261. The monoisotopic (exact) mass is 458 g/mol. The van der Waals surface area contributed by atoms with Gasteiger partial charge >= 0.3 is 0 Å². The number of hydrogen-bond donors (Lipinski definition) is 3. The Morgan fingerprint density at radius 1 is 1.15 bits per heavy atom. The standard InChI is InChI=1S/C23H22N8O3/c24-21-17-18(30-31(22(17)28-11-27-21)13-4-3-8-25-10-13)14-6-7-15(20-19(14)33-12-34-20)29-23(32)16-5-1-2-9-26-16/h1-2,5-7,9,11,13,25H,3-4,8,10,12H2,(H,29,32)(H2,24,27,28)/t13-/m1/s1. The van der Waals surface area contributed by atoms with Crippen LogP contribution in [0.15, 0.2) is 42.9 Å². The Kier molecular flexibility index (Phi) is 4.95. The Labute approximate surface area is 194 Å². The van der Waals surface area contributed by atoms with Crippen molar-refractivity contribution in [3.63, 3.8) is 0 Å². The number of nitrogen functional groups attached to an aromatic ring is 1. The number of benzene rings is 1. The molecule has 172 valence electrons. The maximum absolute atomic E-state index is 12.6. The van der Waals surface area contributed by atoms with Crippen molar-refractivity contribution >= 4 is 28.4 Å². The predicted molar refractivity (Wildman–Crippen MR) is 125 cm³/mol. The van der Waals surface area contributed by atoms with Crippen LogP contribution in [0.2, 0.25) is 0 Å². The van der Waals surface area contributed by atoms with E-state index in [1.807, 2.05) is 10.7 Å². The molecule has 11 nitrogen and oxygen atoms in total. The lowest BCUT2D eigenvalue weighted by molar-refractivity contribution is 0.102. The number of nitrogens with zero attached hydrogens (tertiary/aromatic N) is 5. The minimum absolute atomic E-state index is 0.0238. The van der Waals surface area contributed by atoms with Gasteiger partial charge in [-0.15, -0.1) is 0 Å². The van der Waals surface area contributed by atoms with Crippen LogP contribution in [0.1, 0.15) is 29.4 Å². The van der Waals surface area contributed by atoms with E-state index in [1.54, 1.807) is 30.5 Å². The van der Waals surface area contributed by atoms with Crippen LogP contribution < -0.4 is 25.8 Å². The molecule has 4 aromatic rings. The summed E-state index contributed by atoms with van der Waals surface area (Å²) in [6, 6.07) is 8.90. The molecule has 0 bridgehead atoms. The number of anilines is 2. The number of rotatable bonds is 4. The molecule has 0 aliphatic carbocycles. The molecule has 1 saturated heterocycles. The number of amides is 1. The van der Waals surface area contributed by atoms with Crippen LogP contribution in [0.5, 0.6) is 11.5 Å². The fourth-order valence-corrected chi connectivity index (χ4v) is 4.45. The highest BCUT2D eigenvalue weighted by Crippen LogP contribution is 2.48. The summed E-state index contributed by atoms with van der Waals surface area (Å²) in [7, 11) is 0. The fourth-order valence-electron chi connectivity index (χ4n) is 4.45. The van der Waals surface area contributed by atoms with Gasteiger partial charge in [-0.2, -0.15) is 5.10 Å². The molecule has 6 rings (SSSR count). The lowest BCUT2D eigenvalue weighted by Crippen LogP contribution is -2.32. The van der Waals surface area contributed by atoms with E-state index in [2.05, 4.69) is 25.6 Å². The summed E-state index contributed by atoms with van der Waals surface area (Å²) >= 11 is 0. The highest BCUT2D eigenvalue weighted by Gasteiger charge is 2.29. The van der Waals surface area contributed by atoms with Crippen molar-refractivity contribution in [2.45, 2.75) is 18.9 Å². The molecule has 11 heteroatoms. The normalized spacial score (nSPS) is 17.1. The Hall–Kier alpha value is -4.25. The molecule has 0 spiro atoms. The quantitative estimate of drug-likeness (QED) is 0.420. The SMILES string of the molecule is Nc1ncnc2c1c(-c1ccc(NC(=O)c3ccccn3)c3c1OCO3)nn2[C@@H]1CCCNC1. The zero-order valence-corrected chi connectivity index (χ0v) is 18.2. The molecule has 2 aliphatic rings. The minimum Gasteiger partial charge on any atom is -0.453 e. The number of nitrogens with two attached hydrogens (primary N) is 1. The molecule has 34 heavy (non-hydrogen) atoms. The maximum atomic E-state index is 12.6. The van der Waals surface area contributed by atoms with Crippen molar-refractivity contribution in [2.24, 2.45) is 0 Å². The van der Waals surface area contributed by atoms with Gasteiger partial charge in [-0.1, -0.05) is 6.07 Å². The van der Waals surface area contributed by atoms with Crippen LogP contribution in [-0.2, 0) is 0 Å². The molecule has 1 aromatic carbocycles. The summed E-state index contributed by atoms with van der Waals surface area (Å²) in [4.78, 5) is 25.4. The molecular weight excluding hydrogens is 436 g/mol. The molecule has 0 unspecified atom stereocenters. The molecule has 5 heterocycles. The lowest BCUT2D eigenvalue weighted by atomic mass is 10.1. The van der Waals surface area contributed by atoms with Gasteiger partial charge in [0.2, 0.25) is 6.79 Å². The summed E-state index contributed by atoms with van der Waals surface area (Å²) < 4.78 is 13.5. The third-order valence-electron chi connectivity index (χ3n) is 6.05. The summed E-state index contributed by atoms with van der Waals surface area (Å²) in [5, 5.41) is 11.9. The van der Waals surface area contributed by atoms with Gasteiger partial charge in [0.1, 0.15) is 23.5 Å². The number of ether oxygens (including phenoxy) is 2. The van der Waals surface area contributed by atoms with Crippen LogP contribution in [0, 0.1) is 0 Å². The van der Waals surface area contributed by atoms with Crippen molar-refractivity contribution in [3.8, 4) is 22.8 Å². The molecule has 0 saturated carbocycles. The average molecular weight is 458 g/mol. The van der Waals surface area contributed by atoms with Gasteiger partial charge in [0.25, 0.3) is 5.91 Å². The van der Waals surface area contributed by atoms with E-state index in [1.165, 1.54) is 6.33 Å². The molecule has 2 aliphatic heterocycles. The first-order chi connectivity index (χ1) is 16.7. The number of carbonyl (C=O) groups is 1. The average Bonchev–Trinajstić information content (AvgIpc) is 3.52. The highest BCUT2D eigenvalue weighted by molar-refractivity contribution is 6.05. The Morgan fingerprint density at radius 3 is 2.88 bits per heavy atom. The third-order valence-corrected chi connectivity index (χ3v) is 6.05. The number of aromatic nitrogens is 5. The largest absolute Gasteiger partial charge is 0.453 e. The Balaban J connectivity index is 1.44. The molecular formula is C23H22N8O3. The number of piperidine rings is 1. The first kappa shape index (κ1) is 20.4. The van der Waals surface area contributed by atoms with E-state index in [4.69, 9.17) is 20.3 Å². The van der Waals surface area contributed by atoms with E-state index in [0.717, 1.165) is 25.9 Å². The van der Waals surface area contributed by atoms with Crippen LogP contribution in [0.25, 0.3) is 22.3 Å². The smallest absolute Gasteiger partial charge is 0.274 e. The van der Waals surface area contributed by atoms with E-state index < -0.39 is 0 Å². The number of pyridine rings is 1. The van der Waals surface area contributed by atoms with E-state index in [9.17, 15) is 4.79 Å². The van der Waals surface area contributed by atoms with Crippen molar-refractivity contribution < 1.29 is 14.3 Å². The second-order valence-electron chi connectivity index (χ2n) is 8.15. The van der Waals surface area contributed by atoms with E-state index in [0.29, 0.717) is 51.0 Å². The second kappa shape index (κ2) is 8.27. The maximum Gasteiger partial charge on any atom is 0.274 e.